The highest BCUT2D eigenvalue weighted by Gasteiger charge is 2.14. The van der Waals surface area contributed by atoms with E-state index in [4.69, 9.17) is 4.42 Å². The van der Waals surface area contributed by atoms with E-state index in [1.54, 1.807) is 48.3 Å². The smallest absolute Gasteiger partial charge is 0.336 e. The van der Waals surface area contributed by atoms with Gasteiger partial charge in [0, 0.05) is 18.7 Å². The fourth-order valence-electron chi connectivity index (χ4n) is 2.68. The van der Waals surface area contributed by atoms with Crippen LogP contribution in [0.1, 0.15) is 22.1 Å². The number of rotatable bonds is 4. The van der Waals surface area contributed by atoms with Gasteiger partial charge in [0.15, 0.2) is 0 Å². The molecule has 1 N–H and O–H groups in total. The molecule has 3 aromatic heterocycles. The molecule has 0 amide bonds. The second kappa shape index (κ2) is 5.82. The van der Waals surface area contributed by atoms with Gasteiger partial charge in [-0.3, -0.25) is 9.67 Å². The number of aryl methyl sites for hydroxylation is 1. The van der Waals surface area contributed by atoms with Crippen molar-refractivity contribution in [3.8, 4) is 11.1 Å². The molecule has 4 aromatic rings. The Balaban J connectivity index is 1.80. The largest absolute Gasteiger partial charge is 0.478 e. The van der Waals surface area contributed by atoms with Gasteiger partial charge in [-0.1, -0.05) is 18.2 Å². The molecule has 0 saturated carbocycles. The molecule has 0 atom stereocenters. The van der Waals surface area contributed by atoms with Crippen LogP contribution in [0.5, 0.6) is 0 Å². The molecule has 0 unspecified atom stereocenters. The zero-order valence-electron chi connectivity index (χ0n) is 13.2. The molecule has 0 radical (unpaired) electrons. The van der Waals surface area contributed by atoms with Crippen molar-refractivity contribution in [1.29, 1.82) is 0 Å². The summed E-state index contributed by atoms with van der Waals surface area (Å²) in [6.07, 6.45) is 3.29. The minimum atomic E-state index is -0.981. The van der Waals surface area contributed by atoms with Gasteiger partial charge < -0.3 is 9.52 Å². The maximum Gasteiger partial charge on any atom is 0.336 e. The van der Waals surface area contributed by atoms with Crippen molar-refractivity contribution in [2.75, 3.05) is 0 Å². The van der Waals surface area contributed by atoms with Crippen molar-refractivity contribution in [3.63, 3.8) is 0 Å². The molecule has 0 bridgehead atoms. The molecular weight excluding hydrogens is 322 g/mol. The van der Waals surface area contributed by atoms with E-state index in [1.807, 2.05) is 6.07 Å². The van der Waals surface area contributed by atoms with Gasteiger partial charge in [-0.2, -0.15) is 5.10 Å². The zero-order chi connectivity index (χ0) is 17.4. The lowest BCUT2D eigenvalue weighted by atomic mass is 10.0. The Bertz CT molecular complexity index is 1080. The Kier molecular flexibility index (Phi) is 3.50. The summed E-state index contributed by atoms with van der Waals surface area (Å²) in [6.45, 7) is 2.04. The summed E-state index contributed by atoms with van der Waals surface area (Å²) in [4.78, 5) is 15.8. The van der Waals surface area contributed by atoms with Crippen molar-refractivity contribution in [2.24, 2.45) is 0 Å². The van der Waals surface area contributed by atoms with E-state index >= 15 is 0 Å². The van der Waals surface area contributed by atoms with Crippen molar-refractivity contribution in [2.45, 2.75) is 13.5 Å². The number of nitrogens with zero attached hydrogens (tertiary/aromatic N) is 5. The number of benzene rings is 1. The molecule has 4 rings (SSSR count). The van der Waals surface area contributed by atoms with E-state index in [2.05, 4.69) is 20.3 Å². The maximum atomic E-state index is 11.5. The minimum absolute atomic E-state index is 0.224. The third-order valence-electron chi connectivity index (χ3n) is 3.82. The van der Waals surface area contributed by atoms with E-state index in [0.717, 1.165) is 5.52 Å². The Morgan fingerprint density at radius 3 is 2.84 bits per heavy atom. The molecule has 0 saturated heterocycles. The Morgan fingerprint density at radius 2 is 2.08 bits per heavy atom. The van der Waals surface area contributed by atoms with Crippen molar-refractivity contribution in [3.05, 3.63) is 60.1 Å². The normalized spacial score (nSPS) is 11.1. The quantitative estimate of drug-likeness (QED) is 0.610. The molecule has 1 aromatic carbocycles. The van der Waals surface area contributed by atoms with Crippen LogP contribution in [0.4, 0.5) is 0 Å². The molecule has 0 fully saturated rings. The number of pyridine rings is 1. The summed E-state index contributed by atoms with van der Waals surface area (Å²) < 4.78 is 7.09. The number of hydrogen-bond acceptors (Lipinski definition) is 6. The topological polar surface area (TPSA) is 107 Å². The summed E-state index contributed by atoms with van der Waals surface area (Å²) >= 11 is 0. The first-order valence-electron chi connectivity index (χ1n) is 7.55. The van der Waals surface area contributed by atoms with E-state index in [1.165, 1.54) is 0 Å². The monoisotopic (exact) mass is 335 g/mol. The lowest BCUT2D eigenvalue weighted by molar-refractivity contribution is 0.0697. The number of aromatic nitrogens is 5. The molecule has 0 spiro atoms. The van der Waals surface area contributed by atoms with Crippen LogP contribution in [0, 0.1) is 6.92 Å². The van der Waals surface area contributed by atoms with Crippen molar-refractivity contribution in [1.82, 2.24) is 25.0 Å². The van der Waals surface area contributed by atoms with Crippen LogP contribution in [-0.2, 0) is 6.54 Å². The molecule has 3 heterocycles. The summed E-state index contributed by atoms with van der Waals surface area (Å²) in [5.74, 6) is -0.0509. The molecule has 8 heteroatoms. The van der Waals surface area contributed by atoms with Gasteiger partial charge in [-0.15, -0.1) is 10.2 Å². The third-order valence-corrected chi connectivity index (χ3v) is 3.82. The fourth-order valence-corrected chi connectivity index (χ4v) is 2.68. The zero-order valence-corrected chi connectivity index (χ0v) is 13.2. The van der Waals surface area contributed by atoms with Crippen LogP contribution in [0.25, 0.3) is 22.2 Å². The molecular formula is C17H13N5O3. The van der Waals surface area contributed by atoms with E-state index in [9.17, 15) is 9.90 Å². The highest BCUT2D eigenvalue weighted by Crippen LogP contribution is 2.26. The van der Waals surface area contributed by atoms with Crippen LogP contribution in [0.15, 0.2) is 47.1 Å². The Morgan fingerprint density at radius 1 is 1.24 bits per heavy atom. The summed E-state index contributed by atoms with van der Waals surface area (Å²) in [7, 11) is 0. The van der Waals surface area contributed by atoms with Crippen molar-refractivity contribution >= 4 is 17.0 Å². The van der Waals surface area contributed by atoms with Gasteiger partial charge in [-0.05, 0) is 17.7 Å². The van der Waals surface area contributed by atoms with Crippen molar-refractivity contribution < 1.29 is 14.3 Å². The number of fused-ring (bicyclic) bond motifs is 1. The Labute approximate surface area is 141 Å². The maximum absolute atomic E-state index is 11.5. The first kappa shape index (κ1) is 15.0. The number of carboxylic acids is 1. The highest BCUT2D eigenvalue weighted by atomic mass is 16.4. The van der Waals surface area contributed by atoms with Crippen LogP contribution in [0.3, 0.4) is 0 Å². The van der Waals surface area contributed by atoms with Gasteiger partial charge in [0.05, 0.1) is 17.3 Å². The molecule has 124 valence electrons. The van der Waals surface area contributed by atoms with E-state index in [0.29, 0.717) is 35.0 Å². The molecule has 0 aliphatic heterocycles. The lowest BCUT2D eigenvalue weighted by Crippen LogP contribution is -2.02. The predicted octanol–water partition coefficient (Wildman–Crippen LogP) is 2.54. The van der Waals surface area contributed by atoms with Crippen LogP contribution in [-0.4, -0.2) is 36.0 Å². The second-order valence-electron chi connectivity index (χ2n) is 5.50. The van der Waals surface area contributed by atoms with E-state index < -0.39 is 5.97 Å². The van der Waals surface area contributed by atoms with Crippen LogP contribution >= 0.6 is 0 Å². The van der Waals surface area contributed by atoms with Gasteiger partial charge in [0.2, 0.25) is 11.8 Å². The third kappa shape index (κ3) is 2.74. The fraction of sp³-hybridized carbons (Fsp3) is 0.118. The first-order chi connectivity index (χ1) is 12.1. The van der Waals surface area contributed by atoms with Crippen LogP contribution in [0.2, 0.25) is 0 Å². The number of aromatic carboxylic acids is 1. The first-order valence-corrected chi connectivity index (χ1v) is 7.55. The average molecular weight is 335 g/mol. The number of carbonyl (C=O) groups is 1. The molecule has 8 nitrogen and oxygen atoms in total. The second-order valence-corrected chi connectivity index (χ2v) is 5.50. The standard InChI is InChI=1S/C17H13N5O3/c1-10-20-21-16(25-10)9-22-15-6-11(7-18-14(15)8-19-22)12-4-2-3-5-13(12)17(23)24/h2-8H,9H2,1H3,(H,23,24). The van der Waals surface area contributed by atoms with Gasteiger partial charge in [0.25, 0.3) is 0 Å². The van der Waals surface area contributed by atoms with Crippen LogP contribution < -0.4 is 0 Å². The molecule has 25 heavy (non-hydrogen) atoms. The molecule has 0 aliphatic rings. The summed E-state index contributed by atoms with van der Waals surface area (Å²) in [6, 6.07) is 8.68. The summed E-state index contributed by atoms with van der Waals surface area (Å²) in [5, 5.41) is 21.5. The van der Waals surface area contributed by atoms with E-state index in [-0.39, 0.29) is 5.56 Å². The SMILES string of the molecule is Cc1nnc(Cn2ncc3ncc(-c4ccccc4C(=O)O)cc32)o1. The Hall–Kier alpha value is -3.55. The van der Waals surface area contributed by atoms with Gasteiger partial charge in [0.1, 0.15) is 12.1 Å². The highest BCUT2D eigenvalue weighted by molar-refractivity contribution is 5.96. The number of hydrogen-bond donors (Lipinski definition) is 1. The average Bonchev–Trinajstić information content (AvgIpc) is 3.21. The van der Waals surface area contributed by atoms with Gasteiger partial charge in [-0.25, -0.2) is 4.79 Å². The predicted molar refractivity (Wildman–Crippen MR) is 88.1 cm³/mol. The number of carboxylic acid groups (broad SMARTS) is 1. The summed E-state index contributed by atoms with van der Waals surface area (Å²) in [5.41, 5.74) is 2.99. The van der Waals surface area contributed by atoms with Gasteiger partial charge >= 0.3 is 5.97 Å². The minimum Gasteiger partial charge on any atom is -0.478 e. The molecule has 0 aliphatic carbocycles. The lowest BCUT2D eigenvalue weighted by Gasteiger charge is -2.07.